The van der Waals surface area contributed by atoms with Crippen molar-refractivity contribution < 1.29 is 14.3 Å². The molecular weight excluding hydrogens is 264 g/mol. The van der Waals surface area contributed by atoms with Crippen LogP contribution < -0.4 is 0 Å². The molecule has 0 saturated heterocycles. The molecule has 2 atom stereocenters. The summed E-state index contributed by atoms with van der Waals surface area (Å²) < 4.78 is 5.11. The molecule has 0 radical (unpaired) electrons. The lowest BCUT2D eigenvalue weighted by atomic mass is 10.0. The second-order valence-corrected chi connectivity index (χ2v) is 6.10. The molecule has 0 amide bonds. The highest BCUT2D eigenvalue weighted by atomic mass is 16.5. The Hall–Kier alpha value is -1.90. The van der Waals surface area contributed by atoms with Gasteiger partial charge < -0.3 is 4.74 Å². The monoisotopic (exact) mass is 286 g/mol. The van der Waals surface area contributed by atoms with E-state index in [0.29, 0.717) is 13.0 Å². The molecule has 1 saturated carbocycles. The maximum Gasteiger partial charge on any atom is 0.310 e. The van der Waals surface area contributed by atoms with Gasteiger partial charge in [-0.05, 0) is 29.4 Å². The Kier molecular flexibility index (Phi) is 4.61. The number of benzene rings is 1. The lowest BCUT2D eigenvalue weighted by Crippen LogP contribution is -2.10. The molecule has 0 heterocycles. The van der Waals surface area contributed by atoms with Crippen LogP contribution in [0.25, 0.3) is 0 Å². The molecule has 0 spiro atoms. The first-order valence-corrected chi connectivity index (χ1v) is 7.37. The zero-order valence-electron chi connectivity index (χ0n) is 12.8. The molecule has 21 heavy (non-hydrogen) atoms. The standard InChI is InChI=1S/C18H22O3/c1-4-21-17(20)16-15(18(16,2)3)11-14(12-19)10-13-8-6-5-7-9-13/h5-9,11-12,15-16H,4,10H2,1-3H3/b14-11-. The van der Waals surface area contributed by atoms with Gasteiger partial charge in [-0.15, -0.1) is 0 Å². The molecule has 0 aliphatic heterocycles. The van der Waals surface area contributed by atoms with Crippen molar-refractivity contribution in [2.45, 2.75) is 27.2 Å². The van der Waals surface area contributed by atoms with E-state index in [1.165, 1.54) is 0 Å². The van der Waals surface area contributed by atoms with E-state index in [-0.39, 0.29) is 23.2 Å². The van der Waals surface area contributed by atoms with Crippen molar-refractivity contribution in [3.8, 4) is 0 Å². The third kappa shape index (κ3) is 3.41. The molecule has 0 aromatic heterocycles. The highest BCUT2D eigenvalue weighted by Gasteiger charge is 2.61. The van der Waals surface area contributed by atoms with E-state index in [2.05, 4.69) is 0 Å². The highest BCUT2D eigenvalue weighted by Crippen LogP contribution is 2.59. The Bertz CT molecular complexity index is 543. The van der Waals surface area contributed by atoms with Crippen molar-refractivity contribution in [2.24, 2.45) is 17.3 Å². The topological polar surface area (TPSA) is 43.4 Å². The van der Waals surface area contributed by atoms with Gasteiger partial charge in [-0.25, -0.2) is 0 Å². The minimum Gasteiger partial charge on any atom is -0.466 e. The first kappa shape index (κ1) is 15.5. The normalized spacial score (nSPS) is 23.5. The second kappa shape index (κ2) is 6.25. The van der Waals surface area contributed by atoms with Crippen molar-refractivity contribution in [3.63, 3.8) is 0 Å². The van der Waals surface area contributed by atoms with Crippen LogP contribution in [0.5, 0.6) is 0 Å². The van der Waals surface area contributed by atoms with Crippen LogP contribution in [0.2, 0.25) is 0 Å². The fraction of sp³-hybridized carbons (Fsp3) is 0.444. The molecule has 3 heteroatoms. The maximum atomic E-state index is 11.9. The molecule has 2 rings (SSSR count). The van der Waals surface area contributed by atoms with Gasteiger partial charge in [-0.2, -0.15) is 0 Å². The number of esters is 1. The van der Waals surface area contributed by atoms with Gasteiger partial charge in [0.2, 0.25) is 0 Å². The Balaban J connectivity index is 2.10. The number of rotatable bonds is 6. The van der Waals surface area contributed by atoms with Crippen molar-refractivity contribution in [3.05, 3.63) is 47.5 Å². The van der Waals surface area contributed by atoms with Gasteiger partial charge in [0.05, 0.1) is 12.5 Å². The van der Waals surface area contributed by atoms with Crippen LogP contribution in [0, 0.1) is 17.3 Å². The summed E-state index contributed by atoms with van der Waals surface area (Å²) in [5, 5.41) is 0. The summed E-state index contributed by atoms with van der Waals surface area (Å²) in [5.74, 6) is -0.211. The van der Waals surface area contributed by atoms with E-state index in [9.17, 15) is 9.59 Å². The average molecular weight is 286 g/mol. The second-order valence-electron chi connectivity index (χ2n) is 6.10. The molecular formula is C18H22O3. The van der Waals surface area contributed by atoms with E-state index in [4.69, 9.17) is 4.74 Å². The third-order valence-electron chi connectivity index (χ3n) is 4.25. The zero-order valence-corrected chi connectivity index (χ0v) is 12.8. The van der Waals surface area contributed by atoms with Crippen LogP contribution >= 0.6 is 0 Å². The average Bonchev–Trinajstić information content (AvgIpc) is 3.00. The fourth-order valence-electron chi connectivity index (χ4n) is 2.87. The molecule has 2 unspecified atom stereocenters. The molecule has 1 fully saturated rings. The Morgan fingerprint density at radius 3 is 2.52 bits per heavy atom. The Morgan fingerprint density at radius 2 is 1.95 bits per heavy atom. The lowest BCUT2D eigenvalue weighted by molar-refractivity contribution is -0.145. The number of hydrogen-bond acceptors (Lipinski definition) is 3. The Morgan fingerprint density at radius 1 is 1.29 bits per heavy atom. The highest BCUT2D eigenvalue weighted by molar-refractivity contribution is 5.80. The number of ether oxygens (including phenoxy) is 1. The first-order valence-electron chi connectivity index (χ1n) is 7.37. The van der Waals surface area contributed by atoms with Gasteiger partial charge in [0.25, 0.3) is 0 Å². The lowest BCUT2D eigenvalue weighted by Gasteiger charge is -2.02. The van der Waals surface area contributed by atoms with Crippen LogP contribution in [-0.4, -0.2) is 18.9 Å². The zero-order chi connectivity index (χ0) is 15.5. The minimum atomic E-state index is -0.159. The third-order valence-corrected chi connectivity index (χ3v) is 4.25. The largest absolute Gasteiger partial charge is 0.466 e. The summed E-state index contributed by atoms with van der Waals surface area (Å²) in [6.45, 7) is 6.29. The smallest absolute Gasteiger partial charge is 0.310 e. The fourth-order valence-corrected chi connectivity index (χ4v) is 2.87. The van der Waals surface area contributed by atoms with Gasteiger partial charge in [-0.1, -0.05) is 50.3 Å². The number of aldehydes is 1. The predicted molar refractivity (Wildman–Crippen MR) is 81.7 cm³/mol. The molecule has 1 aliphatic carbocycles. The van der Waals surface area contributed by atoms with Crippen molar-refractivity contribution in [1.82, 2.24) is 0 Å². The molecule has 0 bridgehead atoms. The number of carbonyl (C=O) groups excluding carboxylic acids is 2. The number of allylic oxidation sites excluding steroid dienone is 2. The van der Waals surface area contributed by atoms with Crippen molar-refractivity contribution >= 4 is 12.3 Å². The molecule has 1 aromatic carbocycles. The summed E-state index contributed by atoms with van der Waals surface area (Å²) in [7, 11) is 0. The van der Waals surface area contributed by atoms with Crippen LogP contribution in [0.15, 0.2) is 42.0 Å². The summed E-state index contributed by atoms with van der Waals surface area (Å²) in [6.07, 6.45) is 3.44. The van der Waals surface area contributed by atoms with Crippen LogP contribution in [0.4, 0.5) is 0 Å². The summed E-state index contributed by atoms with van der Waals surface area (Å²) >= 11 is 0. The van der Waals surface area contributed by atoms with Crippen LogP contribution in [0.1, 0.15) is 26.3 Å². The van der Waals surface area contributed by atoms with Gasteiger partial charge >= 0.3 is 5.97 Å². The van der Waals surface area contributed by atoms with E-state index >= 15 is 0 Å². The van der Waals surface area contributed by atoms with Crippen molar-refractivity contribution in [1.29, 1.82) is 0 Å². The van der Waals surface area contributed by atoms with Gasteiger partial charge in [0.1, 0.15) is 6.29 Å². The van der Waals surface area contributed by atoms with E-state index in [0.717, 1.165) is 17.4 Å². The molecule has 3 nitrogen and oxygen atoms in total. The molecule has 0 N–H and O–H groups in total. The van der Waals surface area contributed by atoms with Gasteiger partial charge in [0, 0.05) is 6.42 Å². The quantitative estimate of drug-likeness (QED) is 0.458. The number of hydrogen-bond donors (Lipinski definition) is 0. The van der Waals surface area contributed by atoms with Gasteiger partial charge in [-0.3, -0.25) is 9.59 Å². The van der Waals surface area contributed by atoms with E-state index in [1.807, 2.05) is 57.2 Å². The molecule has 112 valence electrons. The summed E-state index contributed by atoms with van der Waals surface area (Å²) in [6, 6.07) is 9.87. The number of carbonyl (C=O) groups is 2. The van der Waals surface area contributed by atoms with Gasteiger partial charge in [0.15, 0.2) is 0 Å². The molecule has 1 aromatic rings. The van der Waals surface area contributed by atoms with Crippen LogP contribution in [-0.2, 0) is 20.7 Å². The van der Waals surface area contributed by atoms with Crippen molar-refractivity contribution in [2.75, 3.05) is 6.61 Å². The van der Waals surface area contributed by atoms with E-state index < -0.39 is 0 Å². The maximum absolute atomic E-state index is 11.9. The Labute approximate surface area is 126 Å². The first-order chi connectivity index (χ1) is 10.0. The van der Waals surface area contributed by atoms with Crippen LogP contribution in [0.3, 0.4) is 0 Å². The minimum absolute atomic E-state index is 0.0838. The molecule has 1 aliphatic rings. The summed E-state index contributed by atoms with van der Waals surface area (Å²) in [4.78, 5) is 23.2. The SMILES string of the molecule is CCOC(=O)C1C(/C=C(\C=O)Cc2ccccc2)C1(C)C. The predicted octanol–water partition coefficient (Wildman–Crippen LogP) is 3.19. The summed E-state index contributed by atoms with van der Waals surface area (Å²) in [5.41, 5.74) is 1.70. The van der Waals surface area contributed by atoms with E-state index in [1.54, 1.807) is 0 Å².